The second-order valence-electron chi connectivity index (χ2n) is 7.08. The van der Waals surface area contributed by atoms with Gasteiger partial charge in [-0.05, 0) is 44.2 Å². The molecule has 0 aliphatic rings. The Morgan fingerprint density at radius 1 is 1.23 bits per heavy atom. The molecule has 0 aliphatic carbocycles. The highest BCUT2D eigenvalue weighted by Crippen LogP contribution is 2.21. The summed E-state index contributed by atoms with van der Waals surface area (Å²) in [5.41, 5.74) is 2.41. The van der Waals surface area contributed by atoms with Gasteiger partial charge in [0.15, 0.2) is 6.10 Å². The van der Waals surface area contributed by atoms with Crippen LogP contribution in [-0.4, -0.2) is 43.9 Å². The molecule has 1 N–H and O–H groups in total. The Morgan fingerprint density at radius 2 is 1.94 bits per heavy atom. The zero-order chi connectivity index (χ0) is 22.6. The Balaban J connectivity index is 1.54. The molecule has 164 valence electrons. The lowest BCUT2D eigenvalue weighted by Gasteiger charge is -2.18. The molecule has 9 nitrogen and oxygen atoms in total. The van der Waals surface area contributed by atoms with Crippen LogP contribution < -0.4 is 14.4 Å². The summed E-state index contributed by atoms with van der Waals surface area (Å²) < 4.78 is 35.2. The summed E-state index contributed by atoms with van der Waals surface area (Å²) in [6.07, 6.45) is 0.342. The predicted octanol–water partition coefficient (Wildman–Crippen LogP) is 2.52. The number of aryl methyl sites for hydroxylation is 1. The lowest BCUT2D eigenvalue weighted by Crippen LogP contribution is -2.36. The third kappa shape index (κ3) is 5.82. The minimum Gasteiger partial charge on any atom is -0.481 e. The predicted molar refractivity (Wildman–Crippen MR) is 116 cm³/mol. The fraction of sp³-hybridized carbons (Fsp3) is 0.286. The molecule has 0 saturated carbocycles. The van der Waals surface area contributed by atoms with Gasteiger partial charge >= 0.3 is 0 Å². The summed E-state index contributed by atoms with van der Waals surface area (Å²) in [5, 5.41) is 6.64. The van der Waals surface area contributed by atoms with E-state index >= 15 is 0 Å². The number of sulfonamides is 1. The van der Waals surface area contributed by atoms with E-state index in [0.717, 1.165) is 21.7 Å². The summed E-state index contributed by atoms with van der Waals surface area (Å²) >= 11 is 0. The fourth-order valence-electron chi connectivity index (χ4n) is 2.72. The topological polar surface area (TPSA) is 115 Å². The van der Waals surface area contributed by atoms with Crippen LogP contribution in [0.5, 0.6) is 5.75 Å². The molecule has 0 fully saturated rings. The van der Waals surface area contributed by atoms with Gasteiger partial charge in [0.2, 0.25) is 21.7 Å². The molecule has 10 heteroatoms. The van der Waals surface area contributed by atoms with Crippen molar-refractivity contribution in [2.45, 2.75) is 26.5 Å². The van der Waals surface area contributed by atoms with Gasteiger partial charge < -0.3 is 14.6 Å². The Labute approximate surface area is 181 Å². The minimum absolute atomic E-state index is 0.0729. The maximum Gasteiger partial charge on any atom is 0.261 e. The van der Waals surface area contributed by atoms with Crippen LogP contribution in [-0.2, 0) is 21.4 Å². The minimum atomic E-state index is -3.35. The molecule has 1 amide bonds. The number of rotatable bonds is 8. The number of hydrogen-bond acceptors (Lipinski definition) is 7. The van der Waals surface area contributed by atoms with Gasteiger partial charge in [-0.25, -0.2) is 8.42 Å². The Hall–Kier alpha value is -3.40. The zero-order valence-corrected chi connectivity index (χ0v) is 18.5. The summed E-state index contributed by atoms with van der Waals surface area (Å²) in [7, 11) is -1.89. The Bertz CT molecular complexity index is 1160. The second kappa shape index (κ2) is 9.17. The Kier molecular flexibility index (Phi) is 6.59. The molecule has 0 radical (unpaired) electrons. The third-order valence-electron chi connectivity index (χ3n) is 4.54. The first-order chi connectivity index (χ1) is 14.6. The standard InChI is InChI=1S/C21H24N4O5S/c1-14-6-5-7-16(12-14)20-23-19(30-24-20)13-22-21(26)15(2)29-18-10-8-17(9-11-18)25(3)31(4,27)28/h5-12,15H,13H2,1-4H3,(H,22,26). The molecule has 1 unspecified atom stereocenters. The number of aromatic nitrogens is 2. The fourth-order valence-corrected chi connectivity index (χ4v) is 3.22. The number of amides is 1. The molecule has 1 heterocycles. The average molecular weight is 445 g/mol. The first-order valence-corrected chi connectivity index (χ1v) is 11.4. The number of benzene rings is 2. The summed E-state index contributed by atoms with van der Waals surface area (Å²) in [4.78, 5) is 16.6. The largest absolute Gasteiger partial charge is 0.481 e. The van der Waals surface area contributed by atoms with Crippen molar-refractivity contribution >= 4 is 21.6 Å². The van der Waals surface area contributed by atoms with E-state index in [1.54, 1.807) is 31.2 Å². The van der Waals surface area contributed by atoms with Gasteiger partial charge in [-0.1, -0.05) is 28.9 Å². The van der Waals surface area contributed by atoms with Crippen LogP contribution in [0.4, 0.5) is 5.69 Å². The van der Waals surface area contributed by atoms with Crippen LogP contribution in [0.15, 0.2) is 53.1 Å². The normalized spacial score (nSPS) is 12.3. The maximum atomic E-state index is 12.3. The summed E-state index contributed by atoms with van der Waals surface area (Å²) in [5.74, 6) is 0.821. The number of hydrogen-bond donors (Lipinski definition) is 1. The van der Waals surface area contributed by atoms with Crippen LogP contribution in [0.3, 0.4) is 0 Å². The van der Waals surface area contributed by atoms with Crippen molar-refractivity contribution in [1.82, 2.24) is 15.5 Å². The average Bonchev–Trinajstić information content (AvgIpc) is 3.20. The molecule has 1 aromatic heterocycles. The van der Waals surface area contributed by atoms with Gasteiger partial charge in [0.05, 0.1) is 18.5 Å². The van der Waals surface area contributed by atoms with E-state index in [9.17, 15) is 13.2 Å². The lowest BCUT2D eigenvalue weighted by atomic mass is 10.1. The maximum absolute atomic E-state index is 12.3. The van der Waals surface area contributed by atoms with Crippen LogP contribution in [0, 0.1) is 6.92 Å². The molecule has 2 aromatic carbocycles. The number of anilines is 1. The van der Waals surface area contributed by atoms with Gasteiger partial charge in [0.25, 0.3) is 5.91 Å². The van der Waals surface area contributed by atoms with Crippen molar-refractivity contribution in [3.8, 4) is 17.1 Å². The van der Waals surface area contributed by atoms with Gasteiger partial charge in [-0.15, -0.1) is 0 Å². The lowest BCUT2D eigenvalue weighted by molar-refractivity contribution is -0.127. The van der Waals surface area contributed by atoms with Gasteiger partial charge in [-0.3, -0.25) is 9.10 Å². The number of carbonyl (C=O) groups is 1. The molecule has 3 rings (SSSR count). The molecule has 0 aliphatic heterocycles. The van der Waals surface area contributed by atoms with E-state index < -0.39 is 16.1 Å². The van der Waals surface area contributed by atoms with Gasteiger partial charge in [0.1, 0.15) is 5.75 Å². The van der Waals surface area contributed by atoms with Crippen molar-refractivity contribution in [1.29, 1.82) is 0 Å². The SMILES string of the molecule is Cc1cccc(-c2noc(CNC(=O)C(C)Oc3ccc(N(C)S(C)(=O)=O)cc3)n2)c1. The van der Waals surface area contributed by atoms with Crippen LogP contribution in [0.2, 0.25) is 0 Å². The molecule has 0 spiro atoms. The molecule has 0 bridgehead atoms. The highest BCUT2D eigenvalue weighted by atomic mass is 32.2. The summed E-state index contributed by atoms with van der Waals surface area (Å²) in [6.45, 7) is 3.66. The molecule has 31 heavy (non-hydrogen) atoms. The third-order valence-corrected chi connectivity index (χ3v) is 5.74. The highest BCUT2D eigenvalue weighted by molar-refractivity contribution is 7.92. The van der Waals surface area contributed by atoms with Crippen molar-refractivity contribution in [2.24, 2.45) is 0 Å². The quantitative estimate of drug-likeness (QED) is 0.568. The van der Waals surface area contributed by atoms with E-state index in [-0.39, 0.29) is 18.3 Å². The molecule has 1 atom stereocenters. The number of ether oxygens (including phenoxy) is 1. The van der Waals surface area contributed by atoms with Crippen molar-refractivity contribution in [3.63, 3.8) is 0 Å². The molecular weight excluding hydrogens is 420 g/mol. The van der Waals surface area contributed by atoms with Crippen LogP contribution in [0.1, 0.15) is 18.4 Å². The highest BCUT2D eigenvalue weighted by Gasteiger charge is 2.17. The van der Waals surface area contributed by atoms with Crippen molar-refractivity contribution in [2.75, 3.05) is 17.6 Å². The monoisotopic (exact) mass is 444 g/mol. The van der Waals surface area contributed by atoms with Gasteiger partial charge in [-0.2, -0.15) is 4.98 Å². The van der Waals surface area contributed by atoms with Crippen LogP contribution in [0.25, 0.3) is 11.4 Å². The van der Waals surface area contributed by atoms with E-state index in [1.807, 2.05) is 31.2 Å². The second-order valence-corrected chi connectivity index (χ2v) is 9.10. The first-order valence-electron chi connectivity index (χ1n) is 9.51. The van der Waals surface area contributed by atoms with E-state index in [4.69, 9.17) is 9.26 Å². The molecule has 3 aromatic rings. The van der Waals surface area contributed by atoms with E-state index in [0.29, 0.717) is 17.3 Å². The van der Waals surface area contributed by atoms with Crippen LogP contribution >= 0.6 is 0 Å². The van der Waals surface area contributed by atoms with Crippen molar-refractivity contribution in [3.05, 3.63) is 60.0 Å². The summed E-state index contributed by atoms with van der Waals surface area (Å²) in [6, 6.07) is 14.1. The molecule has 0 saturated heterocycles. The van der Waals surface area contributed by atoms with E-state index in [2.05, 4.69) is 15.5 Å². The smallest absolute Gasteiger partial charge is 0.261 e. The number of carbonyl (C=O) groups excluding carboxylic acids is 1. The van der Waals surface area contributed by atoms with E-state index in [1.165, 1.54) is 7.05 Å². The van der Waals surface area contributed by atoms with Crippen molar-refractivity contribution < 1.29 is 22.5 Å². The number of nitrogens with zero attached hydrogens (tertiary/aromatic N) is 3. The molecular formula is C21H24N4O5S. The Morgan fingerprint density at radius 3 is 2.58 bits per heavy atom. The first kappa shape index (κ1) is 22.3. The zero-order valence-electron chi connectivity index (χ0n) is 17.7. The number of nitrogens with one attached hydrogen (secondary N) is 1. The van der Waals surface area contributed by atoms with Gasteiger partial charge in [0, 0.05) is 12.6 Å².